The van der Waals surface area contributed by atoms with Crippen LogP contribution in [0.3, 0.4) is 0 Å². The van der Waals surface area contributed by atoms with Crippen LogP contribution in [-0.4, -0.2) is 31.8 Å². The van der Waals surface area contributed by atoms with Gasteiger partial charge < -0.3 is 0 Å². The van der Waals surface area contributed by atoms with Gasteiger partial charge in [-0.2, -0.15) is 8.78 Å². The minimum absolute atomic E-state index is 0.0293. The number of alkyl halides is 2. The first-order valence-electron chi connectivity index (χ1n) is 5.99. The Morgan fingerprint density at radius 2 is 1.74 bits per heavy atom. The van der Waals surface area contributed by atoms with Gasteiger partial charge in [-0.15, -0.1) is 0 Å². The molecule has 19 heavy (non-hydrogen) atoms. The van der Waals surface area contributed by atoms with Gasteiger partial charge in [-0.25, -0.2) is 17.7 Å². The second-order valence-corrected chi connectivity index (χ2v) is 6.46. The number of nitrogens with zero attached hydrogens (tertiary/aromatic N) is 1. The second kappa shape index (κ2) is 5.13. The Bertz CT molecular complexity index is 554. The molecular weight excluding hydrogens is 279 g/mol. The Kier molecular flexibility index (Phi) is 3.87. The molecule has 0 bridgehead atoms. The van der Waals surface area contributed by atoms with E-state index in [1.165, 1.54) is 0 Å². The van der Waals surface area contributed by atoms with E-state index in [9.17, 15) is 21.6 Å². The zero-order chi connectivity index (χ0) is 14.1. The summed E-state index contributed by atoms with van der Waals surface area (Å²) < 4.78 is 65.1. The lowest BCUT2D eigenvalue weighted by Crippen LogP contribution is -2.49. The maximum atomic E-state index is 14.1. The van der Waals surface area contributed by atoms with Crippen molar-refractivity contribution in [2.24, 2.45) is 0 Å². The van der Waals surface area contributed by atoms with E-state index >= 15 is 0 Å². The molecule has 0 radical (unpaired) electrons. The fraction of sp³-hybridized carbons (Fsp3) is 0.500. The molecule has 0 amide bonds. The quantitative estimate of drug-likeness (QED) is 0.804. The number of hydrogen-bond donors (Lipinski definition) is 0. The summed E-state index contributed by atoms with van der Waals surface area (Å²) in [5.41, 5.74) is 0. The van der Waals surface area contributed by atoms with Gasteiger partial charge in [0.05, 0.1) is 4.90 Å². The van der Waals surface area contributed by atoms with Crippen molar-refractivity contribution < 1.29 is 21.6 Å². The average Bonchev–Trinajstić information content (AvgIpc) is 2.39. The van der Waals surface area contributed by atoms with Crippen LogP contribution in [0.2, 0.25) is 0 Å². The van der Waals surface area contributed by atoms with E-state index < -0.39 is 25.9 Å². The lowest BCUT2D eigenvalue weighted by Gasteiger charge is -2.33. The van der Waals surface area contributed by atoms with Crippen molar-refractivity contribution in [3.63, 3.8) is 0 Å². The van der Waals surface area contributed by atoms with Crippen LogP contribution in [0.4, 0.5) is 13.2 Å². The highest BCUT2D eigenvalue weighted by atomic mass is 32.2. The van der Waals surface area contributed by atoms with Crippen LogP contribution in [0, 0.1) is 5.82 Å². The SMILES string of the molecule is O=S(=O)(c1cccc(F)c1)C(F)(F)N1CCCCC1. The molecule has 2 rings (SSSR count). The van der Waals surface area contributed by atoms with Crippen LogP contribution in [0.1, 0.15) is 19.3 Å². The van der Waals surface area contributed by atoms with E-state index in [0.717, 1.165) is 24.6 Å². The van der Waals surface area contributed by atoms with Crippen molar-refractivity contribution >= 4 is 9.84 Å². The fourth-order valence-electron chi connectivity index (χ4n) is 2.10. The maximum Gasteiger partial charge on any atom is 0.411 e. The molecule has 1 aromatic carbocycles. The molecule has 106 valence electrons. The minimum atomic E-state index is -4.91. The van der Waals surface area contributed by atoms with E-state index in [4.69, 9.17) is 0 Å². The van der Waals surface area contributed by atoms with Crippen molar-refractivity contribution in [2.45, 2.75) is 29.5 Å². The molecule has 0 unspecified atom stereocenters. The molecular formula is C12H14F3NO2S. The molecule has 0 aromatic heterocycles. The third kappa shape index (κ3) is 2.62. The van der Waals surface area contributed by atoms with E-state index in [-0.39, 0.29) is 13.1 Å². The summed E-state index contributed by atoms with van der Waals surface area (Å²) in [6.07, 6.45) is 1.88. The van der Waals surface area contributed by atoms with Gasteiger partial charge in [-0.1, -0.05) is 12.5 Å². The Hall–Kier alpha value is -1.08. The van der Waals surface area contributed by atoms with Crippen molar-refractivity contribution in [3.05, 3.63) is 30.1 Å². The molecule has 0 atom stereocenters. The molecule has 7 heteroatoms. The zero-order valence-electron chi connectivity index (χ0n) is 10.2. The topological polar surface area (TPSA) is 37.4 Å². The highest BCUT2D eigenvalue weighted by Crippen LogP contribution is 2.34. The Morgan fingerprint density at radius 1 is 1.11 bits per heavy atom. The first-order chi connectivity index (χ1) is 8.85. The highest BCUT2D eigenvalue weighted by molar-refractivity contribution is 7.92. The summed E-state index contributed by atoms with van der Waals surface area (Å²) in [6.45, 7) is 0.0586. The zero-order valence-corrected chi connectivity index (χ0v) is 11.0. The van der Waals surface area contributed by atoms with Crippen molar-refractivity contribution in [1.82, 2.24) is 4.90 Å². The van der Waals surface area contributed by atoms with Gasteiger partial charge >= 0.3 is 5.38 Å². The van der Waals surface area contributed by atoms with Gasteiger partial charge in [0.1, 0.15) is 5.82 Å². The van der Waals surface area contributed by atoms with Gasteiger partial charge in [0.25, 0.3) is 9.84 Å². The number of rotatable bonds is 3. The number of sulfone groups is 1. The average molecular weight is 293 g/mol. The van der Waals surface area contributed by atoms with Crippen LogP contribution in [0.15, 0.2) is 29.2 Å². The molecule has 1 saturated heterocycles. The smallest absolute Gasteiger partial charge is 0.230 e. The fourth-order valence-corrected chi connectivity index (χ4v) is 3.43. The molecule has 1 heterocycles. The highest BCUT2D eigenvalue weighted by Gasteiger charge is 2.51. The predicted molar refractivity (Wildman–Crippen MR) is 64.0 cm³/mol. The molecule has 0 aliphatic carbocycles. The summed E-state index contributed by atoms with van der Waals surface area (Å²) >= 11 is 0. The summed E-state index contributed by atoms with van der Waals surface area (Å²) in [5, 5.41) is -4.00. The van der Waals surface area contributed by atoms with Crippen molar-refractivity contribution in [2.75, 3.05) is 13.1 Å². The molecule has 1 aromatic rings. The molecule has 3 nitrogen and oxygen atoms in total. The van der Waals surface area contributed by atoms with Gasteiger partial charge in [-0.3, -0.25) is 0 Å². The van der Waals surface area contributed by atoms with E-state index in [0.29, 0.717) is 23.8 Å². The summed E-state index contributed by atoms with van der Waals surface area (Å²) in [5.74, 6) is -0.851. The monoisotopic (exact) mass is 293 g/mol. The molecule has 1 fully saturated rings. The van der Waals surface area contributed by atoms with Gasteiger partial charge in [0.2, 0.25) is 0 Å². The molecule has 1 aliphatic rings. The minimum Gasteiger partial charge on any atom is -0.230 e. The van der Waals surface area contributed by atoms with Gasteiger partial charge in [-0.05, 0) is 31.0 Å². The summed E-state index contributed by atoms with van der Waals surface area (Å²) in [6, 6.07) is 3.72. The number of likely N-dealkylation sites (tertiary alicyclic amines) is 1. The van der Waals surface area contributed by atoms with Gasteiger partial charge in [0, 0.05) is 13.1 Å². The second-order valence-electron chi connectivity index (χ2n) is 4.49. The third-order valence-corrected chi connectivity index (χ3v) is 4.93. The van der Waals surface area contributed by atoms with Gasteiger partial charge in [0.15, 0.2) is 0 Å². The Morgan fingerprint density at radius 3 is 2.32 bits per heavy atom. The predicted octanol–water partition coefficient (Wildman–Crippen LogP) is 2.64. The molecule has 0 spiro atoms. The number of benzene rings is 1. The molecule has 0 N–H and O–H groups in total. The Balaban J connectivity index is 2.37. The lowest BCUT2D eigenvalue weighted by molar-refractivity contribution is -0.0796. The number of hydrogen-bond acceptors (Lipinski definition) is 3. The summed E-state index contributed by atoms with van der Waals surface area (Å²) in [4.78, 5) is -0.0421. The van der Waals surface area contributed by atoms with Crippen molar-refractivity contribution in [1.29, 1.82) is 0 Å². The van der Waals surface area contributed by atoms with E-state index in [1.54, 1.807) is 0 Å². The first kappa shape index (κ1) is 14.3. The van der Waals surface area contributed by atoms with E-state index in [2.05, 4.69) is 0 Å². The van der Waals surface area contributed by atoms with E-state index in [1.807, 2.05) is 0 Å². The third-order valence-electron chi connectivity index (χ3n) is 3.15. The molecule has 0 saturated carbocycles. The lowest BCUT2D eigenvalue weighted by atomic mass is 10.1. The number of halogens is 3. The normalized spacial score (nSPS) is 18.5. The van der Waals surface area contributed by atoms with Crippen molar-refractivity contribution in [3.8, 4) is 0 Å². The largest absolute Gasteiger partial charge is 0.411 e. The van der Waals surface area contributed by atoms with Crippen LogP contribution in [0.25, 0.3) is 0 Å². The summed E-state index contributed by atoms with van der Waals surface area (Å²) in [7, 11) is -4.91. The maximum absolute atomic E-state index is 14.1. The van der Waals surface area contributed by atoms with Crippen LogP contribution < -0.4 is 0 Å². The standard InChI is InChI=1S/C12H14F3NO2S/c13-10-5-4-6-11(9-10)19(17,18)12(14,15)16-7-2-1-3-8-16/h4-6,9H,1-3,7-8H2. The first-order valence-corrected chi connectivity index (χ1v) is 7.47. The van der Waals surface area contributed by atoms with Crippen LogP contribution in [-0.2, 0) is 9.84 Å². The number of piperidine rings is 1. The van der Waals surface area contributed by atoms with Crippen LogP contribution >= 0.6 is 0 Å². The molecule has 1 aliphatic heterocycles. The van der Waals surface area contributed by atoms with Crippen LogP contribution in [0.5, 0.6) is 0 Å². The Labute approximate surface area is 109 Å².